The molecule has 1 rings (SSSR count). The third-order valence-electron chi connectivity index (χ3n) is 2.03. The van der Waals surface area contributed by atoms with Crippen LogP contribution in [0, 0.1) is 0 Å². The van der Waals surface area contributed by atoms with E-state index in [-0.39, 0.29) is 0 Å². The van der Waals surface area contributed by atoms with Crippen molar-refractivity contribution in [3.63, 3.8) is 0 Å². The van der Waals surface area contributed by atoms with E-state index in [1.54, 1.807) is 19.1 Å². The molecule has 0 saturated heterocycles. The quantitative estimate of drug-likeness (QED) is 0.568. The minimum absolute atomic E-state index is 0.336. The van der Waals surface area contributed by atoms with E-state index < -0.39 is 18.1 Å². The zero-order valence-electron chi connectivity index (χ0n) is 9.13. The Kier molecular flexibility index (Phi) is 4.75. The highest BCUT2D eigenvalue weighted by molar-refractivity contribution is 5.82. The average Bonchev–Trinajstić information content (AvgIpc) is 2.78. The van der Waals surface area contributed by atoms with E-state index in [2.05, 4.69) is 0 Å². The average molecular weight is 224 g/mol. The van der Waals surface area contributed by atoms with E-state index >= 15 is 0 Å². The molecule has 0 radical (unpaired) electrons. The van der Waals surface area contributed by atoms with Crippen LogP contribution in [0.15, 0.2) is 35.0 Å². The number of nitrogens with two attached hydrogens (primary N) is 2. The van der Waals surface area contributed by atoms with Gasteiger partial charge in [0.25, 0.3) is 0 Å². The number of carbonyl (C=O) groups excluding carboxylic acids is 1. The molecule has 0 aliphatic rings. The summed E-state index contributed by atoms with van der Waals surface area (Å²) in [4.78, 5) is 11.0. The van der Waals surface area contributed by atoms with Gasteiger partial charge in [-0.3, -0.25) is 0 Å². The molecule has 5 heteroatoms. The van der Waals surface area contributed by atoms with Crippen LogP contribution in [-0.2, 0) is 9.53 Å². The maximum Gasteiger partial charge on any atom is 0.330 e. The van der Waals surface area contributed by atoms with Crippen LogP contribution in [0.25, 0.3) is 0 Å². The Morgan fingerprint density at radius 1 is 1.62 bits per heavy atom. The zero-order chi connectivity index (χ0) is 12.0. The van der Waals surface area contributed by atoms with Gasteiger partial charge in [0.2, 0.25) is 0 Å². The van der Waals surface area contributed by atoms with Gasteiger partial charge in [0, 0.05) is 12.1 Å². The summed E-state index contributed by atoms with van der Waals surface area (Å²) in [6.45, 7) is 2.07. The SMILES string of the molecule is CCOC(=O)/C=C/[C@H](N)[C@@H](N)c1ccco1. The fourth-order valence-electron chi connectivity index (χ4n) is 1.17. The highest BCUT2D eigenvalue weighted by atomic mass is 16.5. The molecule has 2 atom stereocenters. The number of hydrogen-bond donors (Lipinski definition) is 2. The van der Waals surface area contributed by atoms with E-state index in [0.717, 1.165) is 0 Å². The predicted octanol–water partition coefficient (Wildman–Crippen LogP) is 0.726. The van der Waals surface area contributed by atoms with Crippen LogP contribution in [-0.4, -0.2) is 18.6 Å². The molecule has 5 nitrogen and oxygen atoms in total. The maximum atomic E-state index is 11.0. The molecular weight excluding hydrogens is 208 g/mol. The molecule has 0 amide bonds. The third kappa shape index (κ3) is 3.52. The lowest BCUT2D eigenvalue weighted by molar-refractivity contribution is -0.137. The van der Waals surface area contributed by atoms with Crippen molar-refractivity contribution in [2.24, 2.45) is 11.5 Å². The van der Waals surface area contributed by atoms with Gasteiger partial charge in [0.05, 0.1) is 18.9 Å². The van der Waals surface area contributed by atoms with Crippen LogP contribution in [0.3, 0.4) is 0 Å². The van der Waals surface area contributed by atoms with Crippen molar-refractivity contribution >= 4 is 5.97 Å². The summed E-state index contributed by atoms with van der Waals surface area (Å²) in [5, 5.41) is 0. The van der Waals surface area contributed by atoms with Gasteiger partial charge in [-0.2, -0.15) is 0 Å². The topological polar surface area (TPSA) is 91.5 Å². The second-order valence-electron chi connectivity index (χ2n) is 3.23. The first-order valence-corrected chi connectivity index (χ1v) is 5.04. The monoisotopic (exact) mass is 224 g/mol. The van der Waals surface area contributed by atoms with Gasteiger partial charge in [0.1, 0.15) is 5.76 Å². The molecule has 0 unspecified atom stereocenters. The van der Waals surface area contributed by atoms with Crippen LogP contribution in [0.5, 0.6) is 0 Å². The van der Waals surface area contributed by atoms with Crippen molar-refractivity contribution in [3.05, 3.63) is 36.3 Å². The lowest BCUT2D eigenvalue weighted by atomic mass is 10.1. The summed E-state index contributed by atoms with van der Waals surface area (Å²) in [5.41, 5.74) is 11.6. The largest absolute Gasteiger partial charge is 0.468 e. The highest BCUT2D eigenvalue weighted by Gasteiger charge is 2.15. The van der Waals surface area contributed by atoms with E-state index in [4.69, 9.17) is 20.6 Å². The van der Waals surface area contributed by atoms with Crippen molar-refractivity contribution in [3.8, 4) is 0 Å². The Morgan fingerprint density at radius 3 is 2.94 bits per heavy atom. The van der Waals surface area contributed by atoms with E-state index in [0.29, 0.717) is 12.4 Å². The summed E-state index contributed by atoms with van der Waals surface area (Å²) in [6, 6.07) is 2.51. The summed E-state index contributed by atoms with van der Waals surface area (Å²) >= 11 is 0. The van der Waals surface area contributed by atoms with Gasteiger partial charge in [-0.25, -0.2) is 4.79 Å². The number of rotatable bonds is 5. The lowest BCUT2D eigenvalue weighted by Crippen LogP contribution is -2.32. The minimum atomic E-state index is -0.490. The van der Waals surface area contributed by atoms with Crippen LogP contribution in [0.2, 0.25) is 0 Å². The van der Waals surface area contributed by atoms with Gasteiger partial charge in [0.15, 0.2) is 0 Å². The Morgan fingerprint density at radius 2 is 2.38 bits per heavy atom. The molecule has 0 spiro atoms. The zero-order valence-corrected chi connectivity index (χ0v) is 9.13. The van der Waals surface area contributed by atoms with Gasteiger partial charge in [-0.15, -0.1) is 0 Å². The van der Waals surface area contributed by atoms with E-state index in [1.165, 1.54) is 18.4 Å². The minimum Gasteiger partial charge on any atom is -0.468 e. The number of ether oxygens (including phenoxy) is 1. The summed E-state index contributed by atoms with van der Waals surface area (Å²) in [5.74, 6) is 0.158. The number of furan rings is 1. The van der Waals surface area contributed by atoms with Crippen LogP contribution in [0.1, 0.15) is 18.7 Å². The molecule has 0 aromatic carbocycles. The fraction of sp³-hybridized carbons (Fsp3) is 0.364. The first-order valence-electron chi connectivity index (χ1n) is 5.04. The molecular formula is C11H16N2O3. The Balaban J connectivity index is 2.52. The summed E-state index contributed by atoms with van der Waals surface area (Å²) < 4.78 is 9.83. The molecule has 1 aromatic rings. The van der Waals surface area contributed by atoms with Crippen molar-refractivity contribution in [1.82, 2.24) is 0 Å². The van der Waals surface area contributed by atoms with Crippen LogP contribution >= 0.6 is 0 Å². The van der Waals surface area contributed by atoms with Crippen molar-refractivity contribution in [1.29, 1.82) is 0 Å². The molecule has 0 aliphatic carbocycles. The van der Waals surface area contributed by atoms with Crippen LogP contribution < -0.4 is 11.5 Å². The first kappa shape index (κ1) is 12.5. The standard InChI is InChI=1S/C11H16N2O3/c1-2-15-10(14)6-5-8(12)11(13)9-4-3-7-16-9/h3-8,11H,2,12-13H2,1H3/b6-5+/t8-,11+/m0/s1. The molecule has 88 valence electrons. The van der Waals surface area contributed by atoms with Crippen molar-refractivity contribution in [2.75, 3.05) is 6.61 Å². The van der Waals surface area contributed by atoms with Gasteiger partial charge in [-0.1, -0.05) is 6.08 Å². The molecule has 1 heterocycles. The molecule has 0 saturated carbocycles. The maximum absolute atomic E-state index is 11.0. The van der Waals surface area contributed by atoms with Gasteiger partial charge < -0.3 is 20.6 Å². The predicted molar refractivity (Wildman–Crippen MR) is 59.4 cm³/mol. The van der Waals surface area contributed by atoms with Gasteiger partial charge >= 0.3 is 5.97 Å². The van der Waals surface area contributed by atoms with Crippen molar-refractivity contribution < 1.29 is 13.9 Å². The highest BCUT2D eigenvalue weighted by Crippen LogP contribution is 2.13. The second kappa shape index (κ2) is 6.09. The number of hydrogen-bond acceptors (Lipinski definition) is 5. The molecule has 0 bridgehead atoms. The van der Waals surface area contributed by atoms with Crippen molar-refractivity contribution in [2.45, 2.75) is 19.0 Å². The molecule has 4 N–H and O–H groups in total. The third-order valence-corrected chi connectivity index (χ3v) is 2.03. The van der Waals surface area contributed by atoms with E-state index in [1.807, 2.05) is 0 Å². The normalized spacial score (nSPS) is 14.9. The van der Waals surface area contributed by atoms with Crippen LogP contribution in [0.4, 0.5) is 0 Å². The molecule has 0 aliphatic heterocycles. The van der Waals surface area contributed by atoms with Gasteiger partial charge in [-0.05, 0) is 19.1 Å². The lowest BCUT2D eigenvalue weighted by Gasteiger charge is -2.13. The fourth-order valence-corrected chi connectivity index (χ4v) is 1.17. The molecule has 0 fully saturated rings. The van der Waals surface area contributed by atoms with E-state index in [9.17, 15) is 4.79 Å². The number of esters is 1. The number of carbonyl (C=O) groups is 1. The molecule has 16 heavy (non-hydrogen) atoms. The smallest absolute Gasteiger partial charge is 0.330 e. The molecule has 1 aromatic heterocycles. The Bertz CT molecular complexity index is 346. The second-order valence-corrected chi connectivity index (χ2v) is 3.23. The summed E-state index contributed by atoms with van der Waals surface area (Å²) in [7, 11) is 0. The summed E-state index contributed by atoms with van der Waals surface area (Å²) in [6.07, 6.45) is 4.30. The first-order chi connectivity index (χ1) is 7.65. The Labute approximate surface area is 94.0 Å². The Hall–Kier alpha value is -1.59.